The number of hydrogen-bond acceptors (Lipinski definition) is 1. The fraction of sp³-hybridized carbons (Fsp3) is 0.481. The summed E-state index contributed by atoms with van der Waals surface area (Å²) in [7, 11) is 0. The van der Waals surface area contributed by atoms with Crippen molar-refractivity contribution in [3.8, 4) is 0 Å². The Bertz CT molecular complexity index is 854. The minimum Gasteiger partial charge on any atom is -0.257 e. The van der Waals surface area contributed by atoms with Crippen molar-refractivity contribution in [1.29, 1.82) is 0 Å². The Morgan fingerprint density at radius 1 is 1.07 bits per heavy atom. The van der Waals surface area contributed by atoms with E-state index >= 15 is 0 Å². The highest BCUT2D eigenvalue weighted by atomic mass is 14.7. The number of fused-ring (bicyclic) bond motifs is 1. The average Bonchev–Trinajstić information content (AvgIpc) is 3.51. The summed E-state index contributed by atoms with van der Waals surface area (Å²) in [5, 5.41) is 0. The van der Waals surface area contributed by atoms with Crippen LogP contribution in [0, 0.1) is 25.7 Å². The van der Waals surface area contributed by atoms with Crippen molar-refractivity contribution in [2.24, 2.45) is 11.8 Å². The first-order valence-electron chi connectivity index (χ1n) is 11.2. The summed E-state index contributed by atoms with van der Waals surface area (Å²) in [6.45, 7) is 10.9. The third-order valence-electron chi connectivity index (χ3n) is 6.77. The minimum atomic E-state index is 0.525. The summed E-state index contributed by atoms with van der Waals surface area (Å²) in [5.74, 6) is 2.16. The zero-order valence-electron chi connectivity index (χ0n) is 17.8. The van der Waals surface area contributed by atoms with Gasteiger partial charge in [-0.2, -0.15) is 24.6 Å². The SMILES string of the molecule is [CH2-]c1ccc(C2=C(CCCC)c3ccc(C)nc3C(C)C(CC3CC3)C2)cc1. The third-order valence-corrected chi connectivity index (χ3v) is 6.77. The van der Waals surface area contributed by atoms with Gasteiger partial charge in [0.1, 0.15) is 0 Å². The number of allylic oxidation sites excluding steroid dienone is 2. The molecule has 0 saturated heterocycles. The monoisotopic (exact) mass is 372 g/mol. The van der Waals surface area contributed by atoms with E-state index in [-0.39, 0.29) is 0 Å². The zero-order valence-corrected chi connectivity index (χ0v) is 17.8. The van der Waals surface area contributed by atoms with Gasteiger partial charge in [0.05, 0.1) is 5.69 Å². The molecule has 0 N–H and O–H groups in total. The molecule has 1 aromatic carbocycles. The third kappa shape index (κ3) is 4.04. The van der Waals surface area contributed by atoms with E-state index in [1.807, 2.05) is 0 Å². The second kappa shape index (κ2) is 8.15. The molecule has 0 aliphatic heterocycles. The molecule has 2 aromatic rings. The number of hydrogen-bond donors (Lipinski definition) is 0. The fourth-order valence-electron chi connectivity index (χ4n) is 4.83. The Balaban J connectivity index is 1.87. The lowest BCUT2D eigenvalue weighted by atomic mass is 9.82. The van der Waals surface area contributed by atoms with E-state index in [1.165, 1.54) is 55.3 Å². The number of nitrogens with zero attached hydrogens (tertiary/aromatic N) is 1. The molecule has 0 radical (unpaired) electrons. The summed E-state index contributed by atoms with van der Waals surface area (Å²) in [5.41, 5.74) is 9.50. The lowest BCUT2D eigenvalue weighted by Gasteiger charge is -2.24. The van der Waals surface area contributed by atoms with Crippen molar-refractivity contribution in [3.05, 3.63) is 71.4 Å². The van der Waals surface area contributed by atoms with Gasteiger partial charge in [0.15, 0.2) is 0 Å². The van der Waals surface area contributed by atoms with E-state index in [9.17, 15) is 0 Å². The van der Waals surface area contributed by atoms with Crippen LogP contribution in [0.5, 0.6) is 0 Å². The molecule has 1 saturated carbocycles. The van der Waals surface area contributed by atoms with Crippen LogP contribution in [0.4, 0.5) is 0 Å². The summed E-state index contributed by atoms with van der Waals surface area (Å²) in [6, 6.07) is 13.5. The van der Waals surface area contributed by atoms with Crippen molar-refractivity contribution < 1.29 is 0 Å². The van der Waals surface area contributed by atoms with Crippen molar-refractivity contribution in [2.75, 3.05) is 0 Å². The van der Waals surface area contributed by atoms with Gasteiger partial charge in [-0.15, -0.1) is 12.1 Å². The molecule has 0 spiro atoms. The lowest BCUT2D eigenvalue weighted by molar-refractivity contribution is 0.397. The molecule has 4 rings (SSSR count). The molecule has 2 unspecified atom stereocenters. The summed E-state index contributed by atoms with van der Waals surface area (Å²) in [4.78, 5) is 5.09. The van der Waals surface area contributed by atoms with Gasteiger partial charge >= 0.3 is 0 Å². The maximum atomic E-state index is 5.09. The topological polar surface area (TPSA) is 12.9 Å². The second-order valence-corrected chi connectivity index (χ2v) is 9.07. The molecule has 2 aliphatic rings. The van der Waals surface area contributed by atoms with Crippen molar-refractivity contribution >= 4 is 11.1 Å². The fourth-order valence-corrected chi connectivity index (χ4v) is 4.83. The van der Waals surface area contributed by atoms with Crippen LogP contribution in [-0.4, -0.2) is 4.98 Å². The van der Waals surface area contributed by atoms with E-state index in [4.69, 9.17) is 4.98 Å². The molecular formula is C27H34N-. The van der Waals surface area contributed by atoms with E-state index in [2.05, 4.69) is 64.1 Å². The molecule has 1 nitrogen and oxygen atoms in total. The lowest BCUT2D eigenvalue weighted by Crippen LogP contribution is -2.13. The van der Waals surface area contributed by atoms with Crippen molar-refractivity contribution in [2.45, 2.75) is 71.6 Å². The predicted molar refractivity (Wildman–Crippen MR) is 120 cm³/mol. The second-order valence-electron chi connectivity index (χ2n) is 9.07. The number of aryl methyl sites for hydroxylation is 1. The van der Waals surface area contributed by atoms with Crippen LogP contribution < -0.4 is 0 Å². The first kappa shape index (κ1) is 19.3. The number of rotatable bonds is 6. The molecule has 1 heteroatoms. The van der Waals surface area contributed by atoms with Gasteiger partial charge in [-0.25, -0.2) is 0 Å². The number of aromatic nitrogens is 1. The first-order chi connectivity index (χ1) is 13.6. The van der Waals surface area contributed by atoms with Crippen LogP contribution in [0.25, 0.3) is 11.1 Å². The Labute approximate surface area is 171 Å². The summed E-state index contributed by atoms with van der Waals surface area (Å²) in [6.07, 6.45) is 9.01. The highest BCUT2D eigenvalue weighted by molar-refractivity contribution is 5.92. The molecule has 1 heterocycles. The van der Waals surface area contributed by atoms with Crippen LogP contribution >= 0.6 is 0 Å². The van der Waals surface area contributed by atoms with Gasteiger partial charge in [0, 0.05) is 11.6 Å². The Morgan fingerprint density at radius 3 is 2.50 bits per heavy atom. The van der Waals surface area contributed by atoms with Crippen LogP contribution in [0.3, 0.4) is 0 Å². The largest absolute Gasteiger partial charge is 0.257 e. The Hall–Kier alpha value is -2.02. The van der Waals surface area contributed by atoms with E-state index in [1.54, 1.807) is 11.1 Å². The molecule has 28 heavy (non-hydrogen) atoms. The van der Waals surface area contributed by atoms with Gasteiger partial charge in [0.25, 0.3) is 0 Å². The number of pyridine rings is 1. The van der Waals surface area contributed by atoms with Gasteiger partial charge in [-0.05, 0) is 72.8 Å². The Kier molecular flexibility index (Phi) is 5.62. The molecular weight excluding hydrogens is 338 g/mol. The quantitative estimate of drug-likeness (QED) is 0.476. The molecule has 2 aliphatic carbocycles. The van der Waals surface area contributed by atoms with Crippen molar-refractivity contribution in [1.82, 2.24) is 4.98 Å². The predicted octanol–water partition coefficient (Wildman–Crippen LogP) is 7.60. The first-order valence-corrected chi connectivity index (χ1v) is 11.2. The van der Waals surface area contributed by atoms with Gasteiger partial charge in [-0.1, -0.05) is 39.2 Å². The van der Waals surface area contributed by atoms with Gasteiger partial charge < -0.3 is 0 Å². The summed E-state index contributed by atoms with van der Waals surface area (Å²) >= 11 is 0. The molecule has 2 atom stereocenters. The molecule has 0 amide bonds. The van der Waals surface area contributed by atoms with Gasteiger partial charge in [-0.3, -0.25) is 4.98 Å². The number of benzene rings is 1. The number of unbranched alkanes of at least 4 members (excludes halogenated alkanes) is 1. The van der Waals surface area contributed by atoms with Crippen LogP contribution in [0.1, 0.15) is 92.8 Å². The van der Waals surface area contributed by atoms with Crippen LogP contribution in [-0.2, 0) is 0 Å². The summed E-state index contributed by atoms with van der Waals surface area (Å²) < 4.78 is 0. The molecule has 1 fully saturated rings. The van der Waals surface area contributed by atoms with E-state index in [0.29, 0.717) is 11.8 Å². The van der Waals surface area contributed by atoms with E-state index in [0.717, 1.165) is 23.6 Å². The average molecular weight is 373 g/mol. The highest BCUT2D eigenvalue weighted by Gasteiger charge is 2.34. The maximum absolute atomic E-state index is 5.09. The highest BCUT2D eigenvalue weighted by Crippen LogP contribution is 2.49. The standard InChI is InChI=1S/C27H34N/c1-5-6-7-24-25-15-10-19(3)28-27(25)20(4)23(16-21-11-12-21)17-26(24)22-13-8-18(2)9-14-22/h8-10,13-15,20-21,23H,2,5-7,11-12,16-17H2,1,3-4H3/q-1. The van der Waals surface area contributed by atoms with Crippen molar-refractivity contribution in [3.63, 3.8) is 0 Å². The zero-order chi connectivity index (χ0) is 19.7. The van der Waals surface area contributed by atoms with Crippen LogP contribution in [0.2, 0.25) is 0 Å². The van der Waals surface area contributed by atoms with Gasteiger partial charge in [0.2, 0.25) is 0 Å². The van der Waals surface area contributed by atoms with Crippen LogP contribution in [0.15, 0.2) is 36.4 Å². The molecule has 1 aromatic heterocycles. The smallest absolute Gasteiger partial charge is 0.0512 e. The van der Waals surface area contributed by atoms with E-state index < -0.39 is 0 Å². The molecule has 0 bridgehead atoms. The Morgan fingerprint density at radius 2 is 1.82 bits per heavy atom. The molecule has 148 valence electrons. The normalized spacial score (nSPS) is 22.1. The maximum Gasteiger partial charge on any atom is 0.0512 e. The minimum absolute atomic E-state index is 0.525.